The highest BCUT2D eigenvalue weighted by molar-refractivity contribution is 6.35. The summed E-state index contributed by atoms with van der Waals surface area (Å²) < 4.78 is 0. The lowest BCUT2D eigenvalue weighted by atomic mass is 9.68. The molecule has 176 valence electrons. The summed E-state index contributed by atoms with van der Waals surface area (Å²) in [6.45, 7) is 0.602. The number of hydrogen-bond donors (Lipinski definition) is 2. The number of nitrogens with one attached hydrogen (secondary N) is 2. The normalized spacial score (nSPS) is 23.8. The van der Waals surface area contributed by atoms with Gasteiger partial charge in [-0.1, -0.05) is 17.7 Å². The molecule has 12 heteroatoms. The molecule has 1 aromatic rings. The standard InChI is InChI=1S/C22H20ClN5O6/c1-26-18(31)22(19(32)27(2)21(26)34)9-12-13(28-7-3-4-14(22)28)6-5-10(15(12)23)8-11-16(29)24-20(33)25-17(11)30/h5-6,8,14H,3-4,7,9H2,1-2H3,(H2,24,25,29,30,33)/t14-/m0/s1. The van der Waals surface area contributed by atoms with Gasteiger partial charge in [0.25, 0.3) is 11.8 Å². The van der Waals surface area contributed by atoms with Gasteiger partial charge in [-0.2, -0.15) is 0 Å². The highest BCUT2D eigenvalue weighted by Crippen LogP contribution is 2.51. The van der Waals surface area contributed by atoms with E-state index in [2.05, 4.69) is 0 Å². The van der Waals surface area contributed by atoms with E-state index in [1.807, 2.05) is 15.5 Å². The van der Waals surface area contributed by atoms with E-state index in [-0.39, 0.29) is 17.0 Å². The summed E-state index contributed by atoms with van der Waals surface area (Å²) in [5.41, 5.74) is -0.240. The second-order valence-corrected chi connectivity index (χ2v) is 9.15. The highest BCUT2D eigenvalue weighted by Gasteiger charge is 2.64. The number of halogens is 1. The number of carbonyl (C=O) groups is 6. The molecule has 34 heavy (non-hydrogen) atoms. The summed E-state index contributed by atoms with van der Waals surface area (Å²) in [7, 11) is 2.71. The molecule has 4 aliphatic heterocycles. The molecule has 0 aliphatic carbocycles. The van der Waals surface area contributed by atoms with Crippen LogP contribution >= 0.6 is 11.6 Å². The van der Waals surface area contributed by atoms with Gasteiger partial charge in [-0.05, 0) is 36.1 Å². The van der Waals surface area contributed by atoms with Crippen LogP contribution in [0.4, 0.5) is 15.3 Å². The number of anilines is 1. The lowest BCUT2D eigenvalue weighted by molar-refractivity contribution is -0.159. The van der Waals surface area contributed by atoms with E-state index < -0.39 is 47.1 Å². The van der Waals surface area contributed by atoms with Crippen molar-refractivity contribution in [3.8, 4) is 0 Å². The first-order chi connectivity index (χ1) is 16.1. The Balaban J connectivity index is 1.65. The van der Waals surface area contributed by atoms with E-state index in [0.717, 1.165) is 21.9 Å². The first kappa shape index (κ1) is 22.1. The quantitative estimate of drug-likeness (QED) is 0.338. The minimum atomic E-state index is -1.53. The number of nitrogens with zero attached hydrogens (tertiary/aromatic N) is 3. The lowest BCUT2D eigenvalue weighted by Gasteiger charge is -2.51. The fourth-order valence-corrected chi connectivity index (χ4v) is 5.71. The molecule has 4 aliphatic rings. The summed E-state index contributed by atoms with van der Waals surface area (Å²) in [5, 5.41) is 4.18. The highest BCUT2D eigenvalue weighted by atomic mass is 35.5. The van der Waals surface area contributed by atoms with Crippen LogP contribution in [0, 0.1) is 5.41 Å². The van der Waals surface area contributed by atoms with Crippen molar-refractivity contribution in [2.75, 3.05) is 25.5 Å². The Labute approximate surface area is 198 Å². The van der Waals surface area contributed by atoms with Crippen molar-refractivity contribution < 1.29 is 28.8 Å². The molecule has 4 heterocycles. The van der Waals surface area contributed by atoms with Crippen molar-refractivity contribution in [2.45, 2.75) is 25.3 Å². The molecule has 1 aromatic carbocycles. The lowest BCUT2D eigenvalue weighted by Crippen LogP contribution is -2.70. The Hall–Kier alpha value is -3.73. The molecule has 0 unspecified atom stereocenters. The number of imide groups is 4. The van der Waals surface area contributed by atoms with Crippen LogP contribution in [-0.2, 0) is 25.6 Å². The van der Waals surface area contributed by atoms with Crippen molar-refractivity contribution in [3.05, 3.63) is 33.9 Å². The largest absolute Gasteiger partial charge is 0.367 e. The van der Waals surface area contributed by atoms with Crippen molar-refractivity contribution in [1.29, 1.82) is 0 Å². The third-order valence-corrected chi connectivity index (χ3v) is 7.47. The van der Waals surface area contributed by atoms with Crippen LogP contribution in [0.2, 0.25) is 5.02 Å². The molecular weight excluding hydrogens is 466 g/mol. The minimum Gasteiger partial charge on any atom is -0.367 e. The molecule has 3 fully saturated rings. The van der Waals surface area contributed by atoms with Gasteiger partial charge in [0, 0.05) is 32.7 Å². The van der Waals surface area contributed by atoms with Gasteiger partial charge in [0.2, 0.25) is 11.8 Å². The van der Waals surface area contributed by atoms with Crippen LogP contribution < -0.4 is 15.5 Å². The van der Waals surface area contributed by atoms with E-state index in [1.165, 1.54) is 20.2 Å². The number of rotatable bonds is 1. The fraction of sp³-hybridized carbons (Fsp3) is 0.364. The van der Waals surface area contributed by atoms with Gasteiger partial charge in [0.05, 0.1) is 11.1 Å². The number of hydrogen-bond acceptors (Lipinski definition) is 7. The zero-order valence-corrected chi connectivity index (χ0v) is 19.1. The van der Waals surface area contributed by atoms with E-state index in [9.17, 15) is 28.8 Å². The second kappa shape index (κ2) is 7.39. The van der Waals surface area contributed by atoms with Gasteiger partial charge in [0.15, 0.2) is 5.41 Å². The summed E-state index contributed by atoms with van der Waals surface area (Å²) in [6, 6.07) is 1.38. The summed E-state index contributed by atoms with van der Waals surface area (Å²) in [5.74, 6) is -2.88. The third-order valence-electron chi connectivity index (χ3n) is 7.02. The van der Waals surface area contributed by atoms with Crippen LogP contribution in [0.15, 0.2) is 17.7 Å². The fourth-order valence-electron chi connectivity index (χ4n) is 5.43. The van der Waals surface area contributed by atoms with E-state index in [4.69, 9.17) is 11.6 Å². The van der Waals surface area contributed by atoms with Crippen molar-refractivity contribution in [1.82, 2.24) is 20.4 Å². The zero-order valence-electron chi connectivity index (χ0n) is 18.3. The maximum absolute atomic E-state index is 13.5. The molecule has 5 rings (SSSR count). The molecule has 0 radical (unpaired) electrons. The second-order valence-electron chi connectivity index (χ2n) is 8.77. The Morgan fingerprint density at radius 3 is 2.24 bits per heavy atom. The SMILES string of the molecule is CN1C(=O)N(C)C(=O)C2(Cc3c(ccc(C=C4C(=O)NC(=O)NC4=O)c3Cl)N3CCC[C@H]32)C1=O. The molecule has 1 atom stereocenters. The monoisotopic (exact) mass is 485 g/mol. The van der Waals surface area contributed by atoms with Gasteiger partial charge in [0.1, 0.15) is 5.57 Å². The Kier molecular flexibility index (Phi) is 4.80. The zero-order chi connectivity index (χ0) is 24.5. The van der Waals surface area contributed by atoms with Crippen LogP contribution in [-0.4, -0.2) is 72.2 Å². The Bertz CT molecular complexity index is 1210. The van der Waals surface area contributed by atoms with Gasteiger partial charge in [-0.25, -0.2) is 9.59 Å². The predicted molar refractivity (Wildman–Crippen MR) is 119 cm³/mol. The Morgan fingerprint density at radius 2 is 1.62 bits per heavy atom. The number of barbiturate groups is 2. The molecule has 11 nitrogen and oxygen atoms in total. The first-order valence-electron chi connectivity index (χ1n) is 10.6. The van der Waals surface area contributed by atoms with Gasteiger partial charge < -0.3 is 4.90 Å². The van der Waals surface area contributed by atoms with E-state index >= 15 is 0 Å². The van der Waals surface area contributed by atoms with Crippen molar-refractivity contribution in [3.63, 3.8) is 0 Å². The number of amides is 8. The first-order valence-corrected chi connectivity index (χ1v) is 11.0. The predicted octanol–water partition coefficient (Wildman–Crippen LogP) is 0.651. The molecule has 0 saturated carbocycles. The van der Waals surface area contributed by atoms with Crippen LogP contribution in [0.3, 0.4) is 0 Å². The van der Waals surface area contributed by atoms with Crippen molar-refractivity contribution in [2.24, 2.45) is 5.41 Å². The molecule has 0 aromatic heterocycles. The number of fused-ring (bicyclic) bond motifs is 4. The Morgan fingerprint density at radius 1 is 1.00 bits per heavy atom. The minimum absolute atomic E-state index is 0.0319. The third kappa shape index (κ3) is 2.82. The van der Waals surface area contributed by atoms with E-state index in [0.29, 0.717) is 24.1 Å². The topological polar surface area (TPSA) is 136 Å². The molecular formula is C22H20ClN5O6. The summed E-state index contributed by atoms with van der Waals surface area (Å²) >= 11 is 6.74. The summed E-state index contributed by atoms with van der Waals surface area (Å²) in [4.78, 5) is 78.9. The molecule has 0 bridgehead atoms. The van der Waals surface area contributed by atoms with E-state index in [1.54, 1.807) is 12.1 Å². The maximum Gasteiger partial charge on any atom is 0.332 e. The number of benzene rings is 1. The molecule has 8 amide bonds. The molecule has 2 N–H and O–H groups in total. The van der Waals surface area contributed by atoms with Gasteiger partial charge in [-0.3, -0.25) is 39.6 Å². The van der Waals surface area contributed by atoms with Crippen LogP contribution in [0.5, 0.6) is 0 Å². The molecule has 1 spiro atoms. The van der Waals surface area contributed by atoms with Crippen LogP contribution in [0.1, 0.15) is 24.0 Å². The van der Waals surface area contributed by atoms with Gasteiger partial charge in [-0.15, -0.1) is 0 Å². The summed E-state index contributed by atoms with van der Waals surface area (Å²) in [6.07, 6.45) is 2.58. The number of urea groups is 2. The van der Waals surface area contributed by atoms with Crippen molar-refractivity contribution >= 4 is 59.1 Å². The van der Waals surface area contributed by atoms with Gasteiger partial charge >= 0.3 is 12.1 Å². The average Bonchev–Trinajstić information content (AvgIpc) is 3.29. The maximum atomic E-state index is 13.5. The average molecular weight is 486 g/mol. The number of carbonyl (C=O) groups excluding carboxylic acids is 6. The molecule has 3 saturated heterocycles. The van der Waals surface area contributed by atoms with Crippen LogP contribution in [0.25, 0.3) is 6.08 Å². The smallest absolute Gasteiger partial charge is 0.332 e.